The largest absolute Gasteiger partial charge is 0.339 e. The molecule has 5 nitrogen and oxygen atoms in total. The molecule has 2 saturated heterocycles. The van der Waals surface area contributed by atoms with Crippen LogP contribution in [-0.4, -0.2) is 40.7 Å². The van der Waals surface area contributed by atoms with Gasteiger partial charge in [-0.05, 0) is 31.3 Å². The molecule has 3 unspecified atom stereocenters. The van der Waals surface area contributed by atoms with Gasteiger partial charge in [0.2, 0.25) is 5.89 Å². The van der Waals surface area contributed by atoms with Crippen LogP contribution in [0.3, 0.4) is 0 Å². The molecule has 2 fully saturated rings. The second-order valence-corrected chi connectivity index (χ2v) is 5.45. The quantitative estimate of drug-likeness (QED) is 0.866. The van der Waals surface area contributed by atoms with Crippen LogP contribution in [0.25, 0.3) is 0 Å². The molecule has 0 aromatic carbocycles. The number of likely N-dealkylation sites (tertiary alicyclic amines) is 1. The van der Waals surface area contributed by atoms with Crippen LogP contribution in [-0.2, 0) is 13.0 Å². The highest BCUT2D eigenvalue weighted by molar-refractivity contribution is 4.99. The summed E-state index contributed by atoms with van der Waals surface area (Å²) in [4.78, 5) is 6.96. The minimum absolute atomic E-state index is 0.675. The molecule has 5 heteroatoms. The Balaban J connectivity index is 1.68. The zero-order valence-corrected chi connectivity index (χ0v) is 11.2. The Morgan fingerprint density at radius 3 is 3.00 bits per heavy atom. The average Bonchev–Trinajstić information content (AvgIpc) is 3.04. The van der Waals surface area contributed by atoms with Crippen LogP contribution >= 0.6 is 0 Å². The lowest BCUT2D eigenvalue weighted by Gasteiger charge is -2.25. The summed E-state index contributed by atoms with van der Waals surface area (Å²) in [6.07, 6.45) is 2.03. The first kappa shape index (κ1) is 12.1. The van der Waals surface area contributed by atoms with Crippen molar-refractivity contribution in [1.82, 2.24) is 20.4 Å². The monoisotopic (exact) mass is 250 g/mol. The molecule has 3 rings (SSSR count). The number of rotatable bonds is 4. The van der Waals surface area contributed by atoms with Gasteiger partial charge in [-0.3, -0.25) is 4.90 Å². The molecule has 18 heavy (non-hydrogen) atoms. The molecule has 1 N–H and O–H groups in total. The predicted octanol–water partition coefficient (Wildman–Crippen LogP) is 1.06. The maximum Gasteiger partial charge on any atom is 0.226 e. The summed E-state index contributed by atoms with van der Waals surface area (Å²) in [5.41, 5.74) is 0. The molecule has 0 amide bonds. The van der Waals surface area contributed by atoms with E-state index in [2.05, 4.69) is 27.3 Å². The summed E-state index contributed by atoms with van der Waals surface area (Å²) in [6, 6.07) is 0.675. The fourth-order valence-electron chi connectivity index (χ4n) is 3.53. The Kier molecular flexibility index (Phi) is 3.35. The first-order valence-electron chi connectivity index (χ1n) is 7.08. The van der Waals surface area contributed by atoms with Crippen molar-refractivity contribution in [2.75, 3.05) is 19.6 Å². The van der Waals surface area contributed by atoms with Gasteiger partial charge in [-0.25, -0.2) is 0 Å². The molecule has 0 spiro atoms. The van der Waals surface area contributed by atoms with Gasteiger partial charge in [-0.15, -0.1) is 0 Å². The molecular formula is C13H22N4O. The standard InChI is InChI=1S/C13H22N4O/c1-3-11-10-6-14-5-9(10)7-17(11)8-12-15-13(4-2)18-16-12/h9-11,14H,3-8H2,1-2H3. The highest BCUT2D eigenvalue weighted by Crippen LogP contribution is 2.34. The van der Waals surface area contributed by atoms with Crippen LogP contribution in [0, 0.1) is 11.8 Å². The van der Waals surface area contributed by atoms with Crippen molar-refractivity contribution in [1.29, 1.82) is 0 Å². The number of aryl methyl sites for hydroxylation is 1. The molecule has 1 aromatic rings. The maximum absolute atomic E-state index is 5.19. The van der Waals surface area contributed by atoms with Gasteiger partial charge in [0, 0.05) is 19.0 Å². The van der Waals surface area contributed by atoms with Crippen LogP contribution < -0.4 is 5.32 Å². The number of nitrogens with zero attached hydrogens (tertiary/aromatic N) is 3. The molecule has 1 aromatic heterocycles. The van der Waals surface area contributed by atoms with Gasteiger partial charge < -0.3 is 9.84 Å². The van der Waals surface area contributed by atoms with Gasteiger partial charge in [0.25, 0.3) is 0 Å². The van der Waals surface area contributed by atoms with E-state index in [0.29, 0.717) is 6.04 Å². The van der Waals surface area contributed by atoms with Gasteiger partial charge in [0.05, 0.1) is 6.54 Å². The van der Waals surface area contributed by atoms with Gasteiger partial charge in [0.15, 0.2) is 5.82 Å². The minimum Gasteiger partial charge on any atom is -0.339 e. The van der Waals surface area contributed by atoms with Crippen molar-refractivity contribution in [2.24, 2.45) is 11.8 Å². The zero-order chi connectivity index (χ0) is 12.5. The predicted molar refractivity (Wildman–Crippen MR) is 68.0 cm³/mol. The number of hydrogen-bond acceptors (Lipinski definition) is 5. The fraction of sp³-hybridized carbons (Fsp3) is 0.846. The van der Waals surface area contributed by atoms with E-state index in [1.54, 1.807) is 0 Å². The average molecular weight is 250 g/mol. The van der Waals surface area contributed by atoms with E-state index >= 15 is 0 Å². The molecule has 3 heterocycles. The lowest BCUT2D eigenvalue weighted by molar-refractivity contribution is 0.203. The van der Waals surface area contributed by atoms with Crippen molar-refractivity contribution in [3.8, 4) is 0 Å². The maximum atomic E-state index is 5.19. The summed E-state index contributed by atoms with van der Waals surface area (Å²) < 4.78 is 5.19. The van der Waals surface area contributed by atoms with E-state index in [1.807, 2.05) is 6.92 Å². The molecule has 0 saturated carbocycles. The Morgan fingerprint density at radius 2 is 2.28 bits per heavy atom. The summed E-state index contributed by atoms with van der Waals surface area (Å²) in [5.74, 6) is 3.22. The Hall–Kier alpha value is -0.940. The number of aromatic nitrogens is 2. The zero-order valence-electron chi connectivity index (χ0n) is 11.2. The molecule has 2 aliphatic rings. The Morgan fingerprint density at radius 1 is 1.39 bits per heavy atom. The molecule has 0 radical (unpaired) electrons. The number of hydrogen-bond donors (Lipinski definition) is 1. The van der Waals surface area contributed by atoms with Gasteiger partial charge in [0.1, 0.15) is 0 Å². The van der Waals surface area contributed by atoms with E-state index in [0.717, 1.165) is 36.5 Å². The third-order valence-corrected chi connectivity index (χ3v) is 4.40. The Bertz CT molecular complexity index is 405. The van der Waals surface area contributed by atoms with E-state index < -0.39 is 0 Å². The van der Waals surface area contributed by atoms with Gasteiger partial charge >= 0.3 is 0 Å². The summed E-state index contributed by atoms with van der Waals surface area (Å²) in [7, 11) is 0. The lowest BCUT2D eigenvalue weighted by atomic mass is 9.93. The van der Waals surface area contributed by atoms with E-state index in [1.165, 1.54) is 26.1 Å². The first-order chi connectivity index (χ1) is 8.81. The van der Waals surface area contributed by atoms with Crippen molar-refractivity contribution in [3.05, 3.63) is 11.7 Å². The van der Waals surface area contributed by atoms with Gasteiger partial charge in [-0.1, -0.05) is 19.0 Å². The first-order valence-corrected chi connectivity index (χ1v) is 7.08. The lowest BCUT2D eigenvalue weighted by Crippen LogP contribution is -2.34. The van der Waals surface area contributed by atoms with Crippen LogP contribution in [0.1, 0.15) is 32.0 Å². The SMILES string of the molecule is CCc1nc(CN2CC3CNCC3C2CC)no1. The van der Waals surface area contributed by atoms with Gasteiger partial charge in [-0.2, -0.15) is 4.98 Å². The third-order valence-electron chi connectivity index (χ3n) is 4.40. The Labute approximate surface area is 108 Å². The minimum atomic E-state index is 0.675. The van der Waals surface area contributed by atoms with E-state index in [-0.39, 0.29) is 0 Å². The van der Waals surface area contributed by atoms with Crippen LogP contribution in [0.2, 0.25) is 0 Å². The van der Waals surface area contributed by atoms with E-state index in [4.69, 9.17) is 4.52 Å². The highest BCUT2D eigenvalue weighted by atomic mass is 16.5. The second-order valence-electron chi connectivity index (χ2n) is 5.45. The molecular weight excluding hydrogens is 228 g/mol. The van der Waals surface area contributed by atoms with Crippen molar-refractivity contribution >= 4 is 0 Å². The number of nitrogens with one attached hydrogen (secondary N) is 1. The molecule has 100 valence electrons. The summed E-state index contributed by atoms with van der Waals surface area (Å²) in [6.45, 7) is 8.68. The molecule has 0 aliphatic carbocycles. The third kappa shape index (κ3) is 2.06. The van der Waals surface area contributed by atoms with Crippen LogP contribution in [0.15, 0.2) is 4.52 Å². The van der Waals surface area contributed by atoms with Crippen molar-refractivity contribution in [2.45, 2.75) is 39.3 Å². The summed E-state index contributed by atoms with van der Waals surface area (Å²) >= 11 is 0. The smallest absolute Gasteiger partial charge is 0.226 e. The highest BCUT2D eigenvalue weighted by Gasteiger charge is 2.43. The van der Waals surface area contributed by atoms with Crippen molar-refractivity contribution in [3.63, 3.8) is 0 Å². The normalized spacial score (nSPS) is 32.0. The van der Waals surface area contributed by atoms with Crippen LogP contribution in [0.5, 0.6) is 0 Å². The van der Waals surface area contributed by atoms with Crippen LogP contribution in [0.4, 0.5) is 0 Å². The molecule has 3 atom stereocenters. The fourth-order valence-corrected chi connectivity index (χ4v) is 3.53. The topological polar surface area (TPSA) is 54.2 Å². The van der Waals surface area contributed by atoms with Crippen molar-refractivity contribution < 1.29 is 4.52 Å². The number of fused-ring (bicyclic) bond motifs is 1. The van der Waals surface area contributed by atoms with E-state index in [9.17, 15) is 0 Å². The molecule has 0 bridgehead atoms. The molecule has 2 aliphatic heterocycles. The summed E-state index contributed by atoms with van der Waals surface area (Å²) in [5, 5.41) is 7.58. The second kappa shape index (κ2) is 4.97.